The molecule has 0 aromatic rings. The average Bonchev–Trinajstić information content (AvgIpc) is 2.98. The third kappa shape index (κ3) is 3.56. The molecule has 0 saturated heterocycles. The van der Waals surface area contributed by atoms with Gasteiger partial charge < -0.3 is 0 Å². The summed E-state index contributed by atoms with van der Waals surface area (Å²) in [5.74, 6) is 1.89. The van der Waals surface area contributed by atoms with Gasteiger partial charge in [-0.2, -0.15) is 0 Å². The molecule has 0 heterocycles. The summed E-state index contributed by atoms with van der Waals surface area (Å²) in [6, 6.07) is 0. The molecule has 0 aromatic carbocycles. The Morgan fingerprint density at radius 1 is 1.11 bits per heavy atom. The lowest BCUT2D eigenvalue weighted by atomic mass is 9.61. The summed E-state index contributed by atoms with van der Waals surface area (Å²) in [5, 5.41) is 0. The molecule has 0 amide bonds. The SMILES string of the molecule is CCCCC1CC1(C)C(C)CC(C)(C)C(C)(C)CC. The Balaban J connectivity index is 2.59. The normalized spacial score (nSPS) is 29.4. The van der Waals surface area contributed by atoms with Crippen molar-refractivity contribution >= 4 is 0 Å². The van der Waals surface area contributed by atoms with Gasteiger partial charge in [0, 0.05) is 0 Å². The number of rotatable bonds is 8. The summed E-state index contributed by atoms with van der Waals surface area (Å²) in [6.07, 6.45) is 8.40. The van der Waals surface area contributed by atoms with E-state index in [0.717, 1.165) is 11.8 Å². The van der Waals surface area contributed by atoms with E-state index in [1.807, 2.05) is 0 Å². The molecule has 0 aliphatic heterocycles. The Labute approximate surface area is 122 Å². The first kappa shape index (κ1) is 17.1. The van der Waals surface area contributed by atoms with Crippen LogP contribution in [0.1, 0.15) is 93.9 Å². The predicted molar refractivity (Wildman–Crippen MR) is 87.4 cm³/mol. The molecular weight excluding hydrogens is 228 g/mol. The number of hydrogen-bond acceptors (Lipinski definition) is 0. The van der Waals surface area contributed by atoms with Crippen LogP contribution in [0.5, 0.6) is 0 Å². The Kier molecular flexibility index (Phi) is 5.19. The maximum absolute atomic E-state index is 2.55. The molecule has 1 saturated carbocycles. The topological polar surface area (TPSA) is 0 Å². The van der Waals surface area contributed by atoms with Crippen molar-refractivity contribution in [3.05, 3.63) is 0 Å². The van der Waals surface area contributed by atoms with Gasteiger partial charge in [0.05, 0.1) is 0 Å². The molecule has 19 heavy (non-hydrogen) atoms. The Bertz CT molecular complexity index is 286. The summed E-state index contributed by atoms with van der Waals surface area (Å²) in [6.45, 7) is 19.6. The molecule has 0 aromatic heterocycles. The van der Waals surface area contributed by atoms with Crippen molar-refractivity contribution in [2.24, 2.45) is 28.1 Å². The van der Waals surface area contributed by atoms with Crippen LogP contribution in [0.15, 0.2) is 0 Å². The second kappa shape index (κ2) is 5.78. The van der Waals surface area contributed by atoms with Crippen LogP contribution in [0.2, 0.25) is 0 Å². The van der Waals surface area contributed by atoms with Gasteiger partial charge >= 0.3 is 0 Å². The molecular formula is C19H38. The smallest absolute Gasteiger partial charge is 0.0269 e. The van der Waals surface area contributed by atoms with Crippen LogP contribution >= 0.6 is 0 Å². The lowest BCUT2D eigenvalue weighted by Gasteiger charge is -2.44. The largest absolute Gasteiger partial charge is 0.0654 e. The maximum atomic E-state index is 2.55. The molecule has 114 valence electrons. The first-order valence-corrected chi connectivity index (χ1v) is 8.60. The van der Waals surface area contributed by atoms with E-state index in [0.29, 0.717) is 16.2 Å². The third-order valence-corrected chi connectivity index (χ3v) is 7.02. The highest BCUT2D eigenvalue weighted by atomic mass is 14.6. The van der Waals surface area contributed by atoms with E-state index in [1.54, 1.807) is 0 Å². The minimum absolute atomic E-state index is 0.447. The summed E-state index contributed by atoms with van der Waals surface area (Å²) >= 11 is 0. The fraction of sp³-hybridized carbons (Fsp3) is 1.00. The molecule has 3 atom stereocenters. The van der Waals surface area contributed by atoms with E-state index in [9.17, 15) is 0 Å². The maximum Gasteiger partial charge on any atom is -0.0269 e. The zero-order chi connectivity index (χ0) is 14.9. The first-order valence-electron chi connectivity index (χ1n) is 8.60. The van der Waals surface area contributed by atoms with Gasteiger partial charge in [0.2, 0.25) is 0 Å². The monoisotopic (exact) mass is 266 g/mol. The van der Waals surface area contributed by atoms with E-state index in [2.05, 4.69) is 55.4 Å². The van der Waals surface area contributed by atoms with Crippen LogP contribution in [0.4, 0.5) is 0 Å². The highest BCUT2D eigenvalue weighted by Gasteiger charge is 2.54. The van der Waals surface area contributed by atoms with Crippen LogP contribution in [-0.4, -0.2) is 0 Å². The molecule has 0 radical (unpaired) electrons. The second-order valence-electron chi connectivity index (χ2n) is 8.78. The lowest BCUT2D eigenvalue weighted by molar-refractivity contribution is 0.0594. The zero-order valence-electron chi connectivity index (χ0n) is 14.9. The highest BCUT2D eigenvalue weighted by Crippen LogP contribution is 2.62. The van der Waals surface area contributed by atoms with E-state index >= 15 is 0 Å². The summed E-state index contributed by atoms with van der Waals surface area (Å²) in [5.41, 5.74) is 1.55. The molecule has 0 N–H and O–H groups in total. The van der Waals surface area contributed by atoms with Gasteiger partial charge in [0.15, 0.2) is 0 Å². The third-order valence-electron chi connectivity index (χ3n) is 7.02. The van der Waals surface area contributed by atoms with Gasteiger partial charge in [-0.05, 0) is 47.3 Å². The van der Waals surface area contributed by atoms with Crippen molar-refractivity contribution in [2.45, 2.75) is 93.9 Å². The van der Waals surface area contributed by atoms with Crippen molar-refractivity contribution in [1.29, 1.82) is 0 Å². The fourth-order valence-electron chi connectivity index (χ4n) is 3.71. The van der Waals surface area contributed by atoms with Gasteiger partial charge in [0.1, 0.15) is 0 Å². The van der Waals surface area contributed by atoms with Crippen LogP contribution in [0.3, 0.4) is 0 Å². The quantitative estimate of drug-likeness (QED) is 0.459. The van der Waals surface area contributed by atoms with E-state index in [4.69, 9.17) is 0 Å². The van der Waals surface area contributed by atoms with Crippen LogP contribution in [0.25, 0.3) is 0 Å². The van der Waals surface area contributed by atoms with E-state index in [-0.39, 0.29) is 0 Å². The Morgan fingerprint density at radius 3 is 2.16 bits per heavy atom. The molecule has 3 unspecified atom stereocenters. The molecule has 1 fully saturated rings. The highest BCUT2D eigenvalue weighted by molar-refractivity contribution is 5.03. The predicted octanol–water partition coefficient (Wildman–Crippen LogP) is 6.69. The fourth-order valence-corrected chi connectivity index (χ4v) is 3.71. The molecule has 1 aliphatic carbocycles. The Morgan fingerprint density at radius 2 is 1.68 bits per heavy atom. The van der Waals surface area contributed by atoms with E-state index < -0.39 is 0 Å². The summed E-state index contributed by atoms with van der Waals surface area (Å²) < 4.78 is 0. The van der Waals surface area contributed by atoms with Crippen molar-refractivity contribution in [2.75, 3.05) is 0 Å². The van der Waals surface area contributed by atoms with Gasteiger partial charge in [-0.25, -0.2) is 0 Å². The second-order valence-corrected chi connectivity index (χ2v) is 8.78. The van der Waals surface area contributed by atoms with Gasteiger partial charge in [-0.15, -0.1) is 0 Å². The molecule has 0 spiro atoms. The average molecular weight is 267 g/mol. The van der Waals surface area contributed by atoms with Gasteiger partial charge in [-0.3, -0.25) is 0 Å². The standard InChI is InChI=1S/C19H38/c1-9-11-12-16-14-19(16,8)15(3)13-18(6,7)17(4,5)10-2/h15-16H,9-14H2,1-8H3. The molecule has 1 rings (SSSR count). The van der Waals surface area contributed by atoms with Crippen molar-refractivity contribution in [3.8, 4) is 0 Å². The molecule has 0 nitrogen and oxygen atoms in total. The van der Waals surface area contributed by atoms with Gasteiger partial charge in [0.25, 0.3) is 0 Å². The van der Waals surface area contributed by atoms with Crippen LogP contribution < -0.4 is 0 Å². The van der Waals surface area contributed by atoms with Crippen molar-refractivity contribution < 1.29 is 0 Å². The van der Waals surface area contributed by atoms with Gasteiger partial charge in [-0.1, -0.05) is 74.7 Å². The summed E-state index contributed by atoms with van der Waals surface area (Å²) in [7, 11) is 0. The molecule has 0 heteroatoms. The van der Waals surface area contributed by atoms with Crippen molar-refractivity contribution in [1.82, 2.24) is 0 Å². The minimum atomic E-state index is 0.447. The van der Waals surface area contributed by atoms with E-state index in [1.165, 1.54) is 38.5 Å². The number of unbranched alkanes of at least 4 members (excludes halogenated alkanes) is 1. The lowest BCUT2D eigenvalue weighted by Crippen LogP contribution is -2.35. The van der Waals surface area contributed by atoms with Crippen LogP contribution in [0, 0.1) is 28.1 Å². The molecule has 0 bridgehead atoms. The van der Waals surface area contributed by atoms with Crippen molar-refractivity contribution in [3.63, 3.8) is 0 Å². The first-order chi connectivity index (χ1) is 8.60. The molecule has 1 aliphatic rings. The minimum Gasteiger partial charge on any atom is -0.0654 e. The summed E-state index contributed by atoms with van der Waals surface area (Å²) in [4.78, 5) is 0. The number of hydrogen-bond donors (Lipinski definition) is 0. The Hall–Kier alpha value is 0. The van der Waals surface area contributed by atoms with Crippen LogP contribution in [-0.2, 0) is 0 Å². The zero-order valence-corrected chi connectivity index (χ0v) is 14.9.